The van der Waals surface area contributed by atoms with Crippen LogP contribution in [-0.2, 0) is 7.05 Å². The number of anilines is 2. The SMILES string of the molecule is Cn1cc(Nc2ncc3cnn(-c4ccc(C(=O)NCCO)cc4)c3n2)cn1. The van der Waals surface area contributed by atoms with Gasteiger partial charge in [0.05, 0.1) is 35.8 Å². The smallest absolute Gasteiger partial charge is 0.251 e. The molecule has 3 aromatic heterocycles. The minimum atomic E-state index is -0.240. The molecule has 0 radical (unpaired) electrons. The van der Waals surface area contributed by atoms with E-state index >= 15 is 0 Å². The summed E-state index contributed by atoms with van der Waals surface area (Å²) >= 11 is 0. The van der Waals surface area contributed by atoms with Gasteiger partial charge in [-0.05, 0) is 24.3 Å². The quantitative estimate of drug-likeness (QED) is 0.458. The molecule has 10 nitrogen and oxygen atoms in total. The van der Waals surface area contributed by atoms with E-state index in [4.69, 9.17) is 5.11 Å². The van der Waals surface area contributed by atoms with Crippen molar-refractivity contribution < 1.29 is 9.90 Å². The van der Waals surface area contributed by atoms with E-state index in [1.807, 2.05) is 13.2 Å². The van der Waals surface area contributed by atoms with Gasteiger partial charge >= 0.3 is 0 Å². The summed E-state index contributed by atoms with van der Waals surface area (Å²) in [7, 11) is 1.83. The number of hydrogen-bond acceptors (Lipinski definition) is 7. The second-order valence-electron chi connectivity index (χ2n) is 6.08. The Kier molecular flexibility index (Phi) is 4.68. The normalized spacial score (nSPS) is 10.9. The molecule has 1 aromatic carbocycles. The topological polar surface area (TPSA) is 123 Å². The first-order valence-electron chi connectivity index (χ1n) is 8.60. The van der Waals surface area contributed by atoms with Gasteiger partial charge in [-0.3, -0.25) is 9.48 Å². The third-order valence-electron chi connectivity index (χ3n) is 4.04. The van der Waals surface area contributed by atoms with Gasteiger partial charge in [0.25, 0.3) is 5.91 Å². The van der Waals surface area contributed by atoms with E-state index in [9.17, 15) is 4.79 Å². The highest BCUT2D eigenvalue weighted by molar-refractivity contribution is 5.94. The van der Waals surface area contributed by atoms with Crippen LogP contribution in [0.2, 0.25) is 0 Å². The number of aromatic nitrogens is 6. The number of aryl methyl sites for hydroxylation is 1. The molecule has 0 fully saturated rings. The summed E-state index contributed by atoms with van der Waals surface area (Å²) in [4.78, 5) is 20.8. The van der Waals surface area contributed by atoms with Gasteiger partial charge in [0, 0.05) is 31.5 Å². The predicted octanol–water partition coefficient (Wildman–Crippen LogP) is 1.01. The number of fused-ring (bicyclic) bond motifs is 1. The van der Waals surface area contributed by atoms with E-state index in [-0.39, 0.29) is 19.1 Å². The number of aliphatic hydroxyl groups is 1. The van der Waals surface area contributed by atoms with Crippen LogP contribution in [0.1, 0.15) is 10.4 Å². The van der Waals surface area contributed by atoms with Crippen LogP contribution < -0.4 is 10.6 Å². The number of rotatable bonds is 6. The number of nitrogens with zero attached hydrogens (tertiary/aromatic N) is 6. The third kappa shape index (κ3) is 3.53. The summed E-state index contributed by atoms with van der Waals surface area (Å²) in [6, 6.07) is 6.98. The van der Waals surface area contributed by atoms with Crippen molar-refractivity contribution in [2.24, 2.45) is 7.05 Å². The van der Waals surface area contributed by atoms with Crippen molar-refractivity contribution >= 4 is 28.6 Å². The van der Waals surface area contributed by atoms with E-state index in [0.717, 1.165) is 16.8 Å². The summed E-state index contributed by atoms with van der Waals surface area (Å²) in [6.07, 6.45) is 6.89. The molecule has 4 rings (SSSR count). The Bertz CT molecular complexity index is 1120. The van der Waals surface area contributed by atoms with Crippen molar-refractivity contribution in [1.29, 1.82) is 0 Å². The fourth-order valence-electron chi connectivity index (χ4n) is 2.71. The molecule has 3 N–H and O–H groups in total. The Morgan fingerprint density at radius 2 is 1.96 bits per heavy atom. The molecule has 0 atom stereocenters. The highest BCUT2D eigenvalue weighted by Crippen LogP contribution is 2.19. The molecule has 0 aliphatic rings. The van der Waals surface area contributed by atoms with Gasteiger partial charge in [-0.15, -0.1) is 0 Å². The molecule has 28 heavy (non-hydrogen) atoms. The second-order valence-corrected chi connectivity index (χ2v) is 6.08. The zero-order chi connectivity index (χ0) is 19.5. The first kappa shape index (κ1) is 17.6. The fourth-order valence-corrected chi connectivity index (χ4v) is 2.71. The predicted molar refractivity (Wildman–Crippen MR) is 103 cm³/mol. The average molecular weight is 378 g/mol. The zero-order valence-corrected chi connectivity index (χ0v) is 15.1. The lowest BCUT2D eigenvalue weighted by atomic mass is 10.2. The van der Waals surface area contributed by atoms with Crippen LogP contribution in [0.15, 0.2) is 49.1 Å². The number of carbonyl (C=O) groups is 1. The van der Waals surface area contributed by atoms with Crippen LogP contribution in [0.3, 0.4) is 0 Å². The average Bonchev–Trinajstić information content (AvgIpc) is 3.32. The second kappa shape index (κ2) is 7.45. The Hall–Kier alpha value is -3.79. The van der Waals surface area contributed by atoms with Crippen LogP contribution in [0.5, 0.6) is 0 Å². The molecule has 0 aliphatic carbocycles. The van der Waals surface area contributed by atoms with Crippen molar-refractivity contribution in [2.45, 2.75) is 0 Å². The first-order chi connectivity index (χ1) is 13.6. The summed E-state index contributed by atoms with van der Waals surface area (Å²) in [6.45, 7) is 0.117. The summed E-state index contributed by atoms with van der Waals surface area (Å²) in [5, 5.41) is 23.8. The van der Waals surface area contributed by atoms with E-state index in [2.05, 4.69) is 30.8 Å². The number of nitrogens with one attached hydrogen (secondary N) is 2. The third-order valence-corrected chi connectivity index (χ3v) is 4.04. The van der Waals surface area contributed by atoms with Crippen LogP contribution >= 0.6 is 0 Å². The minimum Gasteiger partial charge on any atom is -0.395 e. The Labute approximate surface area is 159 Å². The molecule has 142 valence electrons. The highest BCUT2D eigenvalue weighted by Gasteiger charge is 2.11. The summed E-state index contributed by atoms with van der Waals surface area (Å²) < 4.78 is 3.37. The maximum atomic E-state index is 12.0. The largest absolute Gasteiger partial charge is 0.395 e. The van der Waals surface area contributed by atoms with E-state index in [1.165, 1.54) is 0 Å². The number of hydrogen-bond donors (Lipinski definition) is 3. The Balaban J connectivity index is 1.61. The van der Waals surface area contributed by atoms with Gasteiger partial charge < -0.3 is 15.7 Å². The molecule has 10 heteroatoms. The highest BCUT2D eigenvalue weighted by atomic mass is 16.3. The lowest BCUT2D eigenvalue weighted by Gasteiger charge is -2.07. The van der Waals surface area contributed by atoms with Crippen LogP contribution in [0, 0.1) is 0 Å². The van der Waals surface area contributed by atoms with E-state index in [1.54, 1.807) is 52.2 Å². The number of aliphatic hydroxyl groups excluding tert-OH is 1. The zero-order valence-electron chi connectivity index (χ0n) is 15.1. The molecule has 0 saturated heterocycles. The van der Waals surface area contributed by atoms with Crippen LogP contribution in [0.4, 0.5) is 11.6 Å². The van der Waals surface area contributed by atoms with E-state index in [0.29, 0.717) is 17.2 Å². The Morgan fingerprint density at radius 1 is 1.14 bits per heavy atom. The van der Waals surface area contributed by atoms with E-state index < -0.39 is 0 Å². The summed E-state index contributed by atoms with van der Waals surface area (Å²) in [5.41, 5.74) is 2.69. The fraction of sp³-hybridized carbons (Fsp3) is 0.167. The van der Waals surface area contributed by atoms with Crippen molar-refractivity contribution in [3.05, 3.63) is 54.6 Å². The lowest BCUT2D eigenvalue weighted by molar-refractivity contribution is 0.0945. The standard InChI is InChI=1S/C18H18N8O2/c1-25-11-14(10-21-25)23-18-20-8-13-9-22-26(16(13)24-18)15-4-2-12(3-5-15)17(28)19-6-7-27/h2-5,8-11,27H,6-7H2,1H3,(H,19,28)(H,20,23,24). The lowest BCUT2D eigenvalue weighted by Crippen LogP contribution is -2.26. The van der Waals surface area contributed by atoms with Gasteiger partial charge in [0.15, 0.2) is 5.65 Å². The molecule has 1 amide bonds. The molecule has 0 saturated carbocycles. The number of amides is 1. The van der Waals surface area contributed by atoms with Crippen LogP contribution in [0.25, 0.3) is 16.7 Å². The van der Waals surface area contributed by atoms with Gasteiger partial charge in [0.1, 0.15) is 0 Å². The first-order valence-corrected chi connectivity index (χ1v) is 8.60. The molecule has 0 aliphatic heterocycles. The molecule has 0 spiro atoms. The summed E-state index contributed by atoms with van der Waals surface area (Å²) in [5.74, 6) is 0.193. The monoisotopic (exact) mass is 378 g/mol. The molecule has 0 bridgehead atoms. The maximum Gasteiger partial charge on any atom is 0.251 e. The minimum absolute atomic E-state index is 0.0990. The molecule has 4 aromatic rings. The molecule has 3 heterocycles. The van der Waals surface area contributed by atoms with Crippen molar-refractivity contribution in [2.75, 3.05) is 18.5 Å². The Morgan fingerprint density at radius 3 is 2.68 bits per heavy atom. The number of carbonyl (C=O) groups excluding carboxylic acids is 1. The van der Waals surface area contributed by atoms with Crippen molar-refractivity contribution in [1.82, 2.24) is 34.8 Å². The van der Waals surface area contributed by atoms with Crippen molar-refractivity contribution in [3.63, 3.8) is 0 Å². The molecule has 0 unspecified atom stereocenters. The van der Waals surface area contributed by atoms with Gasteiger partial charge in [-0.2, -0.15) is 15.2 Å². The molecular formula is C18H18N8O2. The van der Waals surface area contributed by atoms with Crippen molar-refractivity contribution in [3.8, 4) is 5.69 Å². The van der Waals surface area contributed by atoms with Gasteiger partial charge in [-0.1, -0.05) is 0 Å². The van der Waals surface area contributed by atoms with Gasteiger partial charge in [-0.25, -0.2) is 9.67 Å². The maximum absolute atomic E-state index is 12.0. The number of benzene rings is 1. The molecular weight excluding hydrogens is 360 g/mol. The van der Waals surface area contributed by atoms with Crippen LogP contribution in [-0.4, -0.2) is 53.7 Å². The van der Waals surface area contributed by atoms with Gasteiger partial charge in [0.2, 0.25) is 5.95 Å².